The zero-order valence-corrected chi connectivity index (χ0v) is 14.0. The van der Waals surface area contributed by atoms with Crippen molar-refractivity contribution in [1.29, 1.82) is 0 Å². The molecule has 0 saturated heterocycles. The van der Waals surface area contributed by atoms with Crippen LogP contribution in [0.1, 0.15) is 40.2 Å². The van der Waals surface area contributed by atoms with E-state index in [1.54, 1.807) is 0 Å². The van der Waals surface area contributed by atoms with Gasteiger partial charge < -0.3 is 19.5 Å². The molecular weight excluding hydrogens is 282 g/mol. The fourth-order valence-corrected chi connectivity index (χ4v) is 2.17. The van der Waals surface area contributed by atoms with Crippen molar-refractivity contribution in [1.82, 2.24) is 5.32 Å². The van der Waals surface area contributed by atoms with Crippen LogP contribution in [0.25, 0.3) is 0 Å². The molecule has 22 heavy (non-hydrogen) atoms. The Balaban J connectivity index is 2.02. The molecule has 1 heterocycles. The molecule has 0 bridgehead atoms. The average molecular weight is 307 g/mol. The minimum Gasteiger partial charge on any atom is -0.486 e. The second-order valence-electron chi connectivity index (χ2n) is 7.10. The first-order chi connectivity index (χ1) is 10.2. The fourth-order valence-electron chi connectivity index (χ4n) is 2.17. The van der Waals surface area contributed by atoms with E-state index in [2.05, 4.69) is 19.2 Å². The van der Waals surface area contributed by atoms with Gasteiger partial charge in [0.25, 0.3) is 0 Å². The molecule has 0 aliphatic carbocycles. The quantitative estimate of drug-likeness (QED) is 0.931. The summed E-state index contributed by atoms with van der Waals surface area (Å²) in [6.45, 7) is 11.3. The Morgan fingerprint density at radius 2 is 1.77 bits per heavy atom. The molecule has 0 radical (unpaired) electrons. The zero-order valence-electron chi connectivity index (χ0n) is 14.0. The Bertz CT molecular complexity index is 546. The lowest BCUT2D eigenvalue weighted by molar-refractivity contribution is 0.0517. The summed E-state index contributed by atoms with van der Waals surface area (Å²) in [5, 5.41) is 2.82. The third-order valence-electron chi connectivity index (χ3n) is 3.40. The first-order valence-corrected chi connectivity index (χ1v) is 7.54. The molecule has 0 fully saturated rings. The molecule has 0 spiro atoms. The molecular formula is C17H25NO4. The van der Waals surface area contributed by atoms with Gasteiger partial charge in [-0.25, -0.2) is 4.79 Å². The van der Waals surface area contributed by atoms with Gasteiger partial charge >= 0.3 is 6.09 Å². The summed E-state index contributed by atoms with van der Waals surface area (Å²) in [5.74, 6) is 1.53. The van der Waals surface area contributed by atoms with E-state index in [4.69, 9.17) is 14.2 Å². The number of hydrogen-bond donors (Lipinski definition) is 1. The highest BCUT2D eigenvalue weighted by molar-refractivity contribution is 5.67. The second kappa shape index (κ2) is 6.07. The van der Waals surface area contributed by atoms with Crippen LogP contribution in [0.15, 0.2) is 18.2 Å². The summed E-state index contributed by atoms with van der Waals surface area (Å²) in [6, 6.07) is 5.90. The average Bonchev–Trinajstić information content (AvgIpc) is 2.43. The topological polar surface area (TPSA) is 56.8 Å². The molecule has 1 aromatic rings. The number of hydrogen-bond acceptors (Lipinski definition) is 4. The third-order valence-corrected chi connectivity index (χ3v) is 3.40. The van der Waals surface area contributed by atoms with Crippen LogP contribution in [0.2, 0.25) is 0 Å². The van der Waals surface area contributed by atoms with E-state index in [0.29, 0.717) is 19.8 Å². The number of benzene rings is 1. The Hall–Kier alpha value is -1.91. The number of fused-ring (bicyclic) bond motifs is 1. The van der Waals surface area contributed by atoms with Crippen LogP contribution < -0.4 is 14.8 Å². The summed E-state index contributed by atoms with van der Waals surface area (Å²) in [6.07, 6.45) is -0.405. The van der Waals surface area contributed by atoms with Crippen molar-refractivity contribution in [2.75, 3.05) is 19.8 Å². The lowest BCUT2D eigenvalue weighted by Crippen LogP contribution is -2.39. The number of rotatable bonds is 3. The van der Waals surface area contributed by atoms with Crippen LogP contribution in [-0.4, -0.2) is 31.5 Å². The molecule has 5 heteroatoms. The van der Waals surface area contributed by atoms with Crippen LogP contribution in [0, 0.1) is 0 Å². The van der Waals surface area contributed by atoms with E-state index in [1.807, 2.05) is 39.0 Å². The normalized spacial score (nSPS) is 14.4. The van der Waals surface area contributed by atoms with E-state index in [0.717, 1.165) is 17.1 Å². The molecule has 1 amide bonds. The smallest absolute Gasteiger partial charge is 0.407 e. The number of ether oxygens (including phenoxy) is 3. The van der Waals surface area contributed by atoms with Gasteiger partial charge in [0.15, 0.2) is 11.5 Å². The minimum absolute atomic E-state index is 0.243. The van der Waals surface area contributed by atoms with Crippen molar-refractivity contribution in [3.63, 3.8) is 0 Å². The standard InChI is InChI=1S/C17H25NO4/c1-16(2,3)22-15(19)18-11-17(4,5)12-6-7-13-14(10-12)21-9-8-20-13/h6-7,10H,8-9,11H2,1-5H3,(H,18,19). The van der Waals surface area contributed by atoms with Crippen LogP contribution >= 0.6 is 0 Å². The third kappa shape index (κ3) is 4.29. The summed E-state index contributed by atoms with van der Waals surface area (Å²) in [4.78, 5) is 11.8. The van der Waals surface area contributed by atoms with Crippen molar-refractivity contribution < 1.29 is 19.0 Å². The predicted octanol–water partition coefficient (Wildman–Crippen LogP) is 3.26. The largest absolute Gasteiger partial charge is 0.486 e. The van der Waals surface area contributed by atoms with E-state index < -0.39 is 11.7 Å². The maximum Gasteiger partial charge on any atom is 0.407 e. The maximum atomic E-state index is 11.8. The molecule has 1 aliphatic rings. The van der Waals surface area contributed by atoms with Gasteiger partial charge in [-0.05, 0) is 38.5 Å². The van der Waals surface area contributed by atoms with Crippen molar-refractivity contribution >= 4 is 6.09 Å². The maximum absolute atomic E-state index is 11.8. The lowest BCUT2D eigenvalue weighted by atomic mass is 9.84. The molecule has 1 aromatic carbocycles. The van der Waals surface area contributed by atoms with Gasteiger partial charge in [-0.1, -0.05) is 19.9 Å². The molecule has 0 saturated carbocycles. The van der Waals surface area contributed by atoms with Gasteiger partial charge in [0.05, 0.1) is 0 Å². The monoisotopic (exact) mass is 307 g/mol. The molecule has 2 rings (SSSR count). The number of alkyl carbamates (subject to hydrolysis) is 1. The Morgan fingerprint density at radius 3 is 2.41 bits per heavy atom. The Morgan fingerprint density at radius 1 is 1.14 bits per heavy atom. The van der Waals surface area contributed by atoms with Crippen LogP contribution in [-0.2, 0) is 10.2 Å². The number of carbonyl (C=O) groups excluding carboxylic acids is 1. The summed E-state index contributed by atoms with van der Waals surface area (Å²) >= 11 is 0. The van der Waals surface area contributed by atoms with Crippen LogP contribution in [0.5, 0.6) is 11.5 Å². The molecule has 1 N–H and O–H groups in total. The molecule has 0 atom stereocenters. The van der Waals surface area contributed by atoms with Crippen molar-refractivity contribution in [2.45, 2.75) is 45.6 Å². The molecule has 0 aromatic heterocycles. The Kier molecular flexibility index (Phi) is 4.54. The fraction of sp³-hybridized carbons (Fsp3) is 0.588. The summed E-state index contributed by atoms with van der Waals surface area (Å²) in [7, 11) is 0. The number of carbonyl (C=O) groups is 1. The zero-order chi connectivity index (χ0) is 16.4. The van der Waals surface area contributed by atoms with Crippen LogP contribution in [0.4, 0.5) is 4.79 Å². The molecule has 5 nitrogen and oxygen atoms in total. The van der Waals surface area contributed by atoms with Gasteiger partial charge in [-0.3, -0.25) is 0 Å². The number of nitrogens with one attached hydrogen (secondary N) is 1. The van der Waals surface area contributed by atoms with E-state index in [1.165, 1.54) is 0 Å². The number of amides is 1. The predicted molar refractivity (Wildman–Crippen MR) is 84.7 cm³/mol. The van der Waals surface area contributed by atoms with Crippen LogP contribution in [0.3, 0.4) is 0 Å². The first kappa shape index (κ1) is 16.5. The molecule has 122 valence electrons. The summed E-state index contributed by atoms with van der Waals surface area (Å²) in [5.41, 5.74) is 0.339. The Labute approximate surface area is 131 Å². The van der Waals surface area contributed by atoms with E-state index in [9.17, 15) is 4.79 Å². The van der Waals surface area contributed by atoms with Gasteiger partial charge in [0.2, 0.25) is 0 Å². The first-order valence-electron chi connectivity index (χ1n) is 7.54. The molecule has 0 unspecified atom stereocenters. The highest BCUT2D eigenvalue weighted by atomic mass is 16.6. The van der Waals surface area contributed by atoms with Gasteiger partial charge in [0.1, 0.15) is 18.8 Å². The SMILES string of the molecule is CC(C)(C)OC(=O)NCC(C)(C)c1ccc2c(c1)OCCO2. The van der Waals surface area contributed by atoms with Gasteiger partial charge in [-0.15, -0.1) is 0 Å². The van der Waals surface area contributed by atoms with E-state index >= 15 is 0 Å². The van der Waals surface area contributed by atoms with Crippen molar-refractivity contribution in [2.24, 2.45) is 0 Å². The minimum atomic E-state index is -0.495. The van der Waals surface area contributed by atoms with Gasteiger partial charge in [-0.2, -0.15) is 0 Å². The van der Waals surface area contributed by atoms with E-state index in [-0.39, 0.29) is 5.41 Å². The summed E-state index contributed by atoms with van der Waals surface area (Å²) < 4.78 is 16.4. The highest BCUT2D eigenvalue weighted by Gasteiger charge is 2.25. The van der Waals surface area contributed by atoms with Gasteiger partial charge in [0, 0.05) is 12.0 Å². The lowest BCUT2D eigenvalue weighted by Gasteiger charge is -2.28. The molecule has 1 aliphatic heterocycles. The van der Waals surface area contributed by atoms with Crippen molar-refractivity contribution in [3.8, 4) is 11.5 Å². The second-order valence-corrected chi connectivity index (χ2v) is 7.10. The highest BCUT2D eigenvalue weighted by Crippen LogP contribution is 2.34. The van der Waals surface area contributed by atoms with Crippen molar-refractivity contribution in [3.05, 3.63) is 23.8 Å².